The van der Waals surface area contributed by atoms with Gasteiger partial charge in [0.05, 0.1) is 22.1 Å². The van der Waals surface area contributed by atoms with Gasteiger partial charge in [-0.2, -0.15) is 0 Å². The van der Waals surface area contributed by atoms with Gasteiger partial charge in [0.1, 0.15) is 0 Å². The molecule has 9 aromatic carbocycles. The Morgan fingerprint density at radius 2 is 0.947 bits per heavy atom. The summed E-state index contributed by atoms with van der Waals surface area (Å²) in [5, 5.41) is 2.46. The van der Waals surface area contributed by atoms with Gasteiger partial charge in [-0.15, -0.1) is 0 Å². The molecule has 0 N–H and O–H groups in total. The first kappa shape index (κ1) is 33.0. The van der Waals surface area contributed by atoms with E-state index in [0.717, 1.165) is 22.7 Å². The predicted octanol–water partition coefficient (Wildman–Crippen LogP) is 14.3. The zero-order valence-corrected chi connectivity index (χ0v) is 31.3. The number of aromatic nitrogens is 1. The second kappa shape index (κ2) is 13.4. The van der Waals surface area contributed by atoms with Crippen molar-refractivity contribution in [1.29, 1.82) is 0 Å². The van der Waals surface area contributed by atoms with Crippen molar-refractivity contribution >= 4 is 38.9 Å². The summed E-state index contributed by atoms with van der Waals surface area (Å²) < 4.78 is 2.41. The monoisotopic (exact) mass is 726 g/mol. The minimum Gasteiger partial charge on any atom is -0.310 e. The third kappa shape index (κ3) is 5.04. The van der Waals surface area contributed by atoms with Crippen LogP contribution in [0.5, 0.6) is 0 Å². The summed E-state index contributed by atoms with van der Waals surface area (Å²) in [7, 11) is 0. The average Bonchev–Trinajstić information content (AvgIpc) is 3.79. The van der Waals surface area contributed by atoms with Gasteiger partial charge in [0, 0.05) is 33.4 Å². The van der Waals surface area contributed by atoms with Gasteiger partial charge in [-0.25, -0.2) is 0 Å². The van der Waals surface area contributed by atoms with Crippen LogP contribution in [0.2, 0.25) is 0 Å². The first-order valence-corrected chi connectivity index (χ1v) is 19.7. The van der Waals surface area contributed by atoms with Gasteiger partial charge in [0.2, 0.25) is 0 Å². The van der Waals surface area contributed by atoms with Crippen molar-refractivity contribution in [3.8, 4) is 27.9 Å². The molecular formula is C55H38N2. The van der Waals surface area contributed by atoms with Gasteiger partial charge in [-0.05, 0) is 93.5 Å². The number of fused-ring (bicyclic) bond motifs is 6. The number of nitrogens with zero attached hydrogens (tertiary/aromatic N) is 2. The normalized spacial score (nSPS) is 12.7. The van der Waals surface area contributed by atoms with Crippen molar-refractivity contribution in [2.75, 3.05) is 4.90 Å². The molecule has 268 valence electrons. The molecule has 0 saturated heterocycles. The maximum Gasteiger partial charge on any atom is 0.0714 e. The Kier molecular flexibility index (Phi) is 7.75. The van der Waals surface area contributed by atoms with Crippen LogP contribution in [0.25, 0.3) is 49.7 Å². The van der Waals surface area contributed by atoms with Gasteiger partial charge in [-0.3, -0.25) is 0 Å². The van der Waals surface area contributed by atoms with Gasteiger partial charge >= 0.3 is 0 Å². The Morgan fingerprint density at radius 1 is 0.386 bits per heavy atom. The number of benzene rings is 9. The van der Waals surface area contributed by atoms with Gasteiger partial charge in [0.25, 0.3) is 0 Å². The highest BCUT2D eigenvalue weighted by Crippen LogP contribution is 2.57. The topological polar surface area (TPSA) is 8.17 Å². The summed E-state index contributed by atoms with van der Waals surface area (Å²) in [5.41, 5.74) is 16.3. The highest BCUT2D eigenvalue weighted by Gasteiger charge is 2.46. The highest BCUT2D eigenvalue weighted by molar-refractivity contribution is 6.19. The molecule has 0 aliphatic heterocycles. The molecule has 1 aliphatic rings. The molecule has 0 bridgehead atoms. The highest BCUT2D eigenvalue weighted by atomic mass is 15.1. The molecule has 0 fully saturated rings. The largest absolute Gasteiger partial charge is 0.310 e. The summed E-state index contributed by atoms with van der Waals surface area (Å²) >= 11 is 0. The van der Waals surface area contributed by atoms with E-state index in [4.69, 9.17) is 0 Å². The molecule has 11 rings (SSSR count). The lowest BCUT2D eigenvalue weighted by atomic mass is 9.67. The Labute approximate surface area is 333 Å². The van der Waals surface area contributed by atoms with Crippen molar-refractivity contribution in [3.63, 3.8) is 0 Å². The fraction of sp³-hybridized carbons (Fsp3) is 0.0182. The SMILES string of the molecule is c1ccc(-c2c(N(c3ccccc3)c3ccc4c(c3)C(c3ccccc3)(c3ccccc3)c3ccccc3-4)ccc3c2c2ccccc2n3-c2ccccc2)cc1. The standard InChI is InChI=1S/C55H38N2/c1-6-20-39(21-7-1)53-51(36-37-52-54(53)47-31-17-19-33-50(47)57(52)43-28-14-5-15-29-43)56(42-26-12-4-13-27-42)44-34-35-46-45-30-16-18-32-48(45)55(49(46)38-44,40-22-8-2-9-23-40)41-24-10-3-11-25-41/h1-38H. The van der Waals surface area contributed by atoms with Crippen molar-refractivity contribution in [2.45, 2.75) is 5.41 Å². The average molecular weight is 727 g/mol. The van der Waals surface area contributed by atoms with Crippen molar-refractivity contribution in [2.24, 2.45) is 0 Å². The molecule has 2 nitrogen and oxygen atoms in total. The fourth-order valence-electron chi connectivity index (χ4n) is 9.56. The molecule has 0 spiro atoms. The van der Waals surface area contributed by atoms with E-state index in [9.17, 15) is 0 Å². The summed E-state index contributed by atoms with van der Waals surface area (Å²) in [4.78, 5) is 2.47. The Morgan fingerprint density at radius 3 is 1.65 bits per heavy atom. The van der Waals surface area contributed by atoms with Crippen LogP contribution in [-0.2, 0) is 5.41 Å². The molecule has 1 aromatic heterocycles. The minimum absolute atomic E-state index is 0.512. The lowest BCUT2D eigenvalue weighted by Gasteiger charge is -2.35. The van der Waals surface area contributed by atoms with Crippen molar-refractivity contribution in [3.05, 3.63) is 253 Å². The van der Waals surface area contributed by atoms with E-state index in [1.165, 1.54) is 66.3 Å². The molecular weight excluding hydrogens is 689 g/mol. The molecule has 1 heterocycles. The van der Waals surface area contributed by atoms with Crippen LogP contribution in [0, 0.1) is 0 Å². The molecule has 57 heavy (non-hydrogen) atoms. The Hall–Kier alpha value is -7.42. The van der Waals surface area contributed by atoms with Crippen LogP contribution in [0.3, 0.4) is 0 Å². The number of rotatable bonds is 7. The number of anilines is 3. The Balaban J connectivity index is 1.24. The van der Waals surface area contributed by atoms with E-state index >= 15 is 0 Å². The van der Waals surface area contributed by atoms with E-state index in [-0.39, 0.29) is 0 Å². The van der Waals surface area contributed by atoms with Crippen molar-refractivity contribution in [1.82, 2.24) is 4.57 Å². The van der Waals surface area contributed by atoms with E-state index in [0.29, 0.717) is 0 Å². The van der Waals surface area contributed by atoms with Crippen LogP contribution in [-0.4, -0.2) is 4.57 Å². The van der Waals surface area contributed by atoms with Gasteiger partial charge in [0.15, 0.2) is 0 Å². The number of para-hydroxylation sites is 3. The van der Waals surface area contributed by atoms with Crippen molar-refractivity contribution < 1.29 is 0 Å². The van der Waals surface area contributed by atoms with E-state index in [2.05, 4.69) is 240 Å². The maximum absolute atomic E-state index is 2.47. The molecule has 0 saturated carbocycles. The van der Waals surface area contributed by atoms with E-state index < -0.39 is 5.41 Å². The second-order valence-electron chi connectivity index (χ2n) is 14.8. The van der Waals surface area contributed by atoms with Crippen LogP contribution in [0.1, 0.15) is 22.3 Å². The minimum atomic E-state index is -0.512. The summed E-state index contributed by atoms with van der Waals surface area (Å²) in [6, 6.07) is 84.3. The molecule has 2 heteroatoms. The first-order chi connectivity index (χ1) is 28.3. The first-order valence-electron chi connectivity index (χ1n) is 19.7. The van der Waals surface area contributed by atoms with Crippen LogP contribution >= 0.6 is 0 Å². The molecule has 10 aromatic rings. The smallest absolute Gasteiger partial charge is 0.0714 e. The molecule has 0 radical (unpaired) electrons. The maximum atomic E-state index is 2.47. The second-order valence-corrected chi connectivity index (χ2v) is 14.8. The lowest BCUT2D eigenvalue weighted by Crippen LogP contribution is -2.28. The molecule has 0 unspecified atom stereocenters. The zero-order chi connectivity index (χ0) is 37.8. The summed E-state index contributed by atoms with van der Waals surface area (Å²) in [6.45, 7) is 0. The fourth-order valence-corrected chi connectivity index (χ4v) is 9.56. The lowest BCUT2D eigenvalue weighted by molar-refractivity contribution is 0.768. The molecule has 0 atom stereocenters. The molecule has 1 aliphatic carbocycles. The van der Waals surface area contributed by atoms with E-state index in [1.54, 1.807) is 0 Å². The number of hydrogen-bond donors (Lipinski definition) is 0. The third-order valence-corrected chi connectivity index (χ3v) is 11.8. The molecule has 0 amide bonds. The quantitative estimate of drug-likeness (QED) is 0.159. The van der Waals surface area contributed by atoms with Gasteiger partial charge < -0.3 is 9.47 Å². The van der Waals surface area contributed by atoms with Gasteiger partial charge in [-0.1, -0.05) is 176 Å². The number of hydrogen-bond acceptors (Lipinski definition) is 1. The summed E-state index contributed by atoms with van der Waals surface area (Å²) in [6.07, 6.45) is 0. The van der Waals surface area contributed by atoms with Crippen LogP contribution in [0.4, 0.5) is 17.1 Å². The van der Waals surface area contributed by atoms with Crippen LogP contribution in [0.15, 0.2) is 231 Å². The third-order valence-electron chi connectivity index (χ3n) is 11.8. The zero-order valence-electron chi connectivity index (χ0n) is 31.3. The predicted molar refractivity (Wildman–Crippen MR) is 238 cm³/mol. The summed E-state index contributed by atoms with van der Waals surface area (Å²) in [5.74, 6) is 0. The Bertz CT molecular complexity index is 3000. The van der Waals surface area contributed by atoms with Crippen LogP contribution < -0.4 is 4.90 Å². The van der Waals surface area contributed by atoms with E-state index in [1.807, 2.05) is 0 Å².